The van der Waals surface area contributed by atoms with Gasteiger partial charge >= 0.3 is 0 Å². The number of hydrogen-bond donors (Lipinski definition) is 0. The van der Waals surface area contributed by atoms with Gasteiger partial charge in [0.25, 0.3) is 5.95 Å². The summed E-state index contributed by atoms with van der Waals surface area (Å²) in [6.45, 7) is 0.0304. The molecule has 0 N–H and O–H groups in total. The molecule has 1 aromatic rings. The second-order valence-corrected chi connectivity index (χ2v) is 1.84. The number of ether oxygens (including phenoxy) is 2. The van der Waals surface area contributed by atoms with E-state index in [1.807, 2.05) is 0 Å². The molecule has 1 heterocycles. The molecule has 0 fully saturated rings. The summed E-state index contributed by atoms with van der Waals surface area (Å²) in [6.07, 6.45) is 1.36. The van der Waals surface area contributed by atoms with Crippen LogP contribution in [0.25, 0.3) is 0 Å². The Kier molecular flexibility index (Phi) is 2.80. The van der Waals surface area contributed by atoms with Gasteiger partial charge in [-0.3, -0.25) is 0 Å². The van der Waals surface area contributed by atoms with Crippen LogP contribution < -0.4 is 4.74 Å². The van der Waals surface area contributed by atoms with Crippen molar-refractivity contribution < 1.29 is 13.9 Å². The first-order valence-corrected chi connectivity index (χ1v) is 3.07. The second-order valence-electron chi connectivity index (χ2n) is 1.84. The lowest BCUT2D eigenvalue weighted by Gasteiger charge is -2.03. The van der Waals surface area contributed by atoms with E-state index in [2.05, 4.69) is 9.72 Å². The highest BCUT2D eigenvalue weighted by molar-refractivity contribution is 5.17. The minimum Gasteiger partial charge on any atom is -0.463 e. The van der Waals surface area contributed by atoms with Crippen LogP contribution in [-0.2, 0) is 4.74 Å². The van der Waals surface area contributed by atoms with Crippen molar-refractivity contribution in [1.82, 2.24) is 4.98 Å². The van der Waals surface area contributed by atoms with Gasteiger partial charge in [-0.15, -0.1) is 0 Å². The summed E-state index contributed by atoms with van der Waals surface area (Å²) < 4.78 is 22.0. The predicted molar refractivity (Wildman–Crippen MR) is 36.7 cm³/mol. The Morgan fingerprint density at radius 3 is 3.09 bits per heavy atom. The molecular formula is C7H8FNO2. The average Bonchev–Trinajstić information content (AvgIpc) is 2.03. The SMILES string of the molecule is COCOc1cccnc1F. The summed E-state index contributed by atoms with van der Waals surface area (Å²) in [5.41, 5.74) is 0. The van der Waals surface area contributed by atoms with Gasteiger partial charge in [0.2, 0.25) is 0 Å². The summed E-state index contributed by atoms with van der Waals surface area (Å²) in [7, 11) is 1.47. The fourth-order valence-corrected chi connectivity index (χ4v) is 0.601. The molecule has 0 aliphatic heterocycles. The lowest BCUT2D eigenvalue weighted by Crippen LogP contribution is -2.01. The molecule has 0 aliphatic carbocycles. The van der Waals surface area contributed by atoms with Crippen molar-refractivity contribution in [3.8, 4) is 5.75 Å². The molecule has 0 unspecified atom stereocenters. The number of methoxy groups -OCH3 is 1. The fraction of sp³-hybridized carbons (Fsp3) is 0.286. The third-order valence-electron chi connectivity index (χ3n) is 1.06. The molecule has 0 saturated carbocycles. The first kappa shape index (κ1) is 7.94. The van der Waals surface area contributed by atoms with E-state index in [9.17, 15) is 4.39 Å². The topological polar surface area (TPSA) is 31.4 Å². The van der Waals surface area contributed by atoms with Gasteiger partial charge in [0.05, 0.1) is 0 Å². The van der Waals surface area contributed by atoms with Crippen molar-refractivity contribution in [2.75, 3.05) is 13.9 Å². The van der Waals surface area contributed by atoms with Crippen LogP contribution in [0.1, 0.15) is 0 Å². The molecule has 0 aliphatic rings. The summed E-state index contributed by atoms with van der Waals surface area (Å²) in [4.78, 5) is 3.38. The standard InChI is InChI=1S/C7H8FNO2/c1-10-5-11-6-3-2-4-9-7(6)8/h2-4H,5H2,1H3. The van der Waals surface area contributed by atoms with Gasteiger partial charge in [-0.05, 0) is 12.1 Å². The van der Waals surface area contributed by atoms with Crippen LogP contribution in [0.4, 0.5) is 4.39 Å². The quantitative estimate of drug-likeness (QED) is 0.488. The zero-order valence-corrected chi connectivity index (χ0v) is 6.08. The van der Waals surface area contributed by atoms with Crippen LogP contribution >= 0.6 is 0 Å². The van der Waals surface area contributed by atoms with Crippen LogP contribution in [0.15, 0.2) is 18.3 Å². The highest BCUT2D eigenvalue weighted by Crippen LogP contribution is 2.11. The molecule has 0 atom stereocenters. The Labute approximate surface area is 63.8 Å². The van der Waals surface area contributed by atoms with Gasteiger partial charge in [-0.2, -0.15) is 4.39 Å². The van der Waals surface area contributed by atoms with Crippen molar-refractivity contribution in [2.45, 2.75) is 0 Å². The molecule has 1 aromatic heterocycles. The molecule has 60 valence electrons. The second kappa shape index (κ2) is 3.88. The number of halogens is 1. The van der Waals surface area contributed by atoms with E-state index in [0.29, 0.717) is 0 Å². The van der Waals surface area contributed by atoms with Gasteiger partial charge < -0.3 is 9.47 Å². The number of aromatic nitrogens is 1. The molecule has 0 amide bonds. The molecule has 3 nitrogen and oxygen atoms in total. The van der Waals surface area contributed by atoms with E-state index in [4.69, 9.17) is 4.74 Å². The average molecular weight is 157 g/mol. The monoisotopic (exact) mass is 157 g/mol. The molecule has 0 aromatic carbocycles. The minimum absolute atomic E-state index is 0.0304. The first-order chi connectivity index (χ1) is 5.34. The summed E-state index contributed by atoms with van der Waals surface area (Å²) in [5.74, 6) is -0.515. The van der Waals surface area contributed by atoms with Gasteiger partial charge in [0.15, 0.2) is 12.5 Å². The van der Waals surface area contributed by atoms with Crippen LogP contribution in [0.2, 0.25) is 0 Å². The Bertz CT molecular complexity index is 229. The minimum atomic E-state index is -0.621. The lowest BCUT2D eigenvalue weighted by atomic mass is 10.4. The van der Waals surface area contributed by atoms with Crippen LogP contribution in [0, 0.1) is 5.95 Å². The van der Waals surface area contributed by atoms with E-state index in [-0.39, 0.29) is 12.5 Å². The van der Waals surface area contributed by atoms with E-state index >= 15 is 0 Å². The maximum atomic E-state index is 12.6. The summed E-state index contributed by atoms with van der Waals surface area (Å²) >= 11 is 0. The maximum absolute atomic E-state index is 12.6. The van der Waals surface area contributed by atoms with Crippen molar-refractivity contribution >= 4 is 0 Å². The third-order valence-corrected chi connectivity index (χ3v) is 1.06. The van der Waals surface area contributed by atoms with Crippen LogP contribution in [0.3, 0.4) is 0 Å². The Morgan fingerprint density at radius 2 is 2.45 bits per heavy atom. The van der Waals surface area contributed by atoms with Crippen molar-refractivity contribution in [1.29, 1.82) is 0 Å². The molecule has 0 saturated heterocycles. The highest BCUT2D eigenvalue weighted by atomic mass is 19.1. The zero-order chi connectivity index (χ0) is 8.10. The third kappa shape index (κ3) is 2.16. The fourth-order valence-electron chi connectivity index (χ4n) is 0.601. The Hall–Kier alpha value is -1.16. The largest absolute Gasteiger partial charge is 0.463 e. The molecular weight excluding hydrogens is 149 g/mol. The van der Waals surface area contributed by atoms with Crippen molar-refractivity contribution in [3.05, 3.63) is 24.3 Å². The number of rotatable bonds is 3. The predicted octanol–water partition coefficient (Wildman–Crippen LogP) is 1.20. The molecule has 0 spiro atoms. The normalized spacial score (nSPS) is 9.64. The van der Waals surface area contributed by atoms with Crippen molar-refractivity contribution in [3.63, 3.8) is 0 Å². The lowest BCUT2D eigenvalue weighted by molar-refractivity contribution is 0.0476. The molecule has 1 rings (SSSR count). The number of hydrogen-bond acceptors (Lipinski definition) is 3. The molecule has 4 heteroatoms. The maximum Gasteiger partial charge on any atom is 0.255 e. The van der Waals surface area contributed by atoms with Gasteiger partial charge in [0.1, 0.15) is 0 Å². The van der Waals surface area contributed by atoms with Gasteiger partial charge in [-0.25, -0.2) is 4.98 Å². The Balaban J connectivity index is 2.62. The van der Waals surface area contributed by atoms with Gasteiger partial charge in [-0.1, -0.05) is 0 Å². The molecule has 11 heavy (non-hydrogen) atoms. The van der Waals surface area contributed by atoms with Crippen molar-refractivity contribution in [2.24, 2.45) is 0 Å². The molecule has 0 radical (unpaired) electrons. The van der Waals surface area contributed by atoms with Crippen LogP contribution in [0.5, 0.6) is 5.75 Å². The number of nitrogens with zero attached hydrogens (tertiary/aromatic N) is 1. The zero-order valence-electron chi connectivity index (χ0n) is 6.08. The van der Waals surface area contributed by atoms with E-state index in [0.717, 1.165) is 0 Å². The van der Waals surface area contributed by atoms with E-state index in [1.165, 1.54) is 19.4 Å². The van der Waals surface area contributed by atoms with Gasteiger partial charge in [0, 0.05) is 13.3 Å². The molecule has 0 bridgehead atoms. The summed E-state index contributed by atoms with van der Waals surface area (Å²) in [5, 5.41) is 0. The smallest absolute Gasteiger partial charge is 0.255 e. The van der Waals surface area contributed by atoms with E-state index < -0.39 is 5.95 Å². The summed E-state index contributed by atoms with van der Waals surface area (Å²) in [6, 6.07) is 3.08. The van der Waals surface area contributed by atoms with Crippen LogP contribution in [-0.4, -0.2) is 18.9 Å². The first-order valence-electron chi connectivity index (χ1n) is 3.07. The Morgan fingerprint density at radius 1 is 1.64 bits per heavy atom. The highest BCUT2D eigenvalue weighted by Gasteiger charge is 2.00. The van der Waals surface area contributed by atoms with E-state index in [1.54, 1.807) is 6.07 Å². The number of pyridine rings is 1.